The van der Waals surface area contributed by atoms with Crippen molar-refractivity contribution < 1.29 is 9.21 Å². The van der Waals surface area contributed by atoms with Gasteiger partial charge in [-0.25, -0.2) is 0 Å². The van der Waals surface area contributed by atoms with Crippen LogP contribution in [0.3, 0.4) is 0 Å². The number of aryl methyl sites for hydroxylation is 2. The first-order chi connectivity index (χ1) is 10.5. The van der Waals surface area contributed by atoms with E-state index in [0.717, 1.165) is 0 Å². The highest BCUT2D eigenvalue weighted by Gasteiger charge is 2.39. The van der Waals surface area contributed by atoms with E-state index in [4.69, 9.17) is 20.2 Å². The second-order valence-corrected chi connectivity index (χ2v) is 5.41. The van der Waals surface area contributed by atoms with Crippen molar-refractivity contribution >= 4 is 5.78 Å². The summed E-state index contributed by atoms with van der Waals surface area (Å²) in [6, 6.07) is 7.87. The molecule has 0 amide bonds. The van der Waals surface area contributed by atoms with E-state index < -0.39 is 5.41 Å². The van der Waals surface area contributed by atoms with Crippen LogP contribution in [-0.2, 0) is 0 Å². The number of hydrogen-bond acceptors (Lipinski definition) is 5. The van der Waals surface area contributed by atoms with Crippen LogP contribution in [-0.4, -0.2) is 5.78 Å². The molecule has 0 radical (unpaired) electrons. The van der Waals surface area contributed by atoms with Gasteiger partial charge in [0.1, 0.15) is 11.5 Å². The van der Waals surface area contributed by atoms with E-state index >= 15 is 0 Å². The summed E-state index contributed by atoms with van der Waals surface area (Å²) in [6.07, 6.45) is 1.73. The van der Waals surface area contributed by atoms with E-state index in [0.29, 0.717) is 36.3 Å². The third kappa shape index (κ3) is 3.96. The van der Waals surface area contributed by atoms with Gasteiger partial charge in [0, 0.05) is 24.7 Å². The lowest BCUT2D eigenvalue weighted by Crippen LogP contribution is -2.31. The fourth-order valence-electron chi connectivity index (χ4n) is 2.74. The second-order valence-electron chi connectivity index (χ2n) is 5.41. The summed E-state index contributed by atoms with van der Waals surface area (Å²) >= 11 is 0. The highest BCUT2D eigenvalue weighted by molar-refractivity contribution is 6.01. The number of ketones is 1. The molecule has 5 heteroatoms. The summed E-state index contributed by atoms with van der Waals surface area (Å²) < 4.78 is 5.43. The van der Waals surface area contributed by atoms with Crippen molar-refractivity contribution in [2.45, 2.75) is 52.4 Å². The number of carbonyl (C=O) groups excluding carboxylic acids is 1. The minimum Gasteiger partial charge on any atom is -0.466 e. The van der Waals surface area contributed by atoms with Crippen LogP contribution in [0.1, 0.15) is 60.4 Å². The molecule has 0 saturated heterocycles. The predicted octanol–water partition coefficient (Wildman–Crippen LogP) is 3.98. The molecule has 1 heterocycles. The third-order valence-corrected chi connectivity index (χ3v) is 3.91. The minimum atomic E-state index is -0.845. The standard InChI is InChI=1S/C17H19N3O2/c1-13-12-15(14(2)22-13)16(21)17(6-3-9-18,7-4-10-19)8-5-11-20/h12H,3-8H2,1-2H3. The molecule has 0 aromatic carbocycles. The van der Waals surface area contributed by atoms with Gasteiger partial charge in [-0.3, -0.25) is 4.79 Å². The Bertz CT molecular complexity index is 607. The predicted molar refractivity (Wildman–Crippen MR) is 79.5 cm³/mol. The Labute approximate surface area is 130 Å². The van der Waals surface area contributed by atoms with Gasteiger partial charge in [0.05, 0.1) is 23.8 Å². The molecule has 0 N–H and O–H groups in total. The molecule has 0 fully saturated rings. The molecule has 0 aliphatic heterocycles. The number of Topliss-reactive ketones (excluding diaryl/α,β-unsaturated/α-hetero) is 1. The Morgan fingerprint density at radius 2 is 1.50 bits per heavy atom. The number of rotatable bonds is 8. The number of nitriles is 3. The molecule has 0 spiro atoms. The summed E-state index contributed by atoms with van der Waals surface area (Å²) in [6.45, 7) is 3.50. The topological polar surface area (TPSA) is 102 Å². The third-order valence-electron chi connectivity index (χ3n) is 3.91. The number of hydrogen-bond donors (Lipinski definition) is 0. The average molecular weight is 297 g/mol. The molecule has 1 rings (SSSR count). The van der Waals surface area contributed by atoms with Crippen LogP contribution in [0.2, 0.25) is 0 Å². The molecule has 0 aliphatic rings. The zero-order valence-corrected chi connectivity index (χ0v) is 13.0. The molecular weight excluding hydrogens is 278 g/mol. The molecule has 0 unspecified atom stereocenters. The first-order valence-corrected chi connectivity index (χ1v) is 7.23. The van der Waals surface area contributed by atoms with E-state index in [2.05, 4.69) is 18.2 Å². The maximum absolute atomic E-state index is 13.0. The summed E-state index contributed by atoms with van der Waals surface area (Å²) in [5.74, 6) is 1.07. The van der Waals surface area contributed by atoms with Crippen molar-refractivity contribution in [3.8, 4) is 18.2 Å². The van der Waals surface area contributed by atoms with Crippen LogP contribution in [0.25, 0.3) is 0 Å². The Balaban J connectivity index is 3.23. The zero-order chi connectivity index (χ0) is 16.6. The average Bonchev–Trinajstić information content (AvgIpc) is 2.85. The molecule has 0 aliphatic carbocycles. The van der Waals surface area contributed by atoms with Crippen molar-refractivity contribution in [1.29, 1.82) is 15.8 Å². The molecule has 5 nitrogen and oxygen atoms in total. The van der Waals surface area contributed by atoms with Gasteiger partial charge in [-0.15, -0.1) is 0 Å². The van der Waals surface area contributed by atoms with Gasteiger partial charge in [0.2, 0.25) is 0 Å². The normalized spacial score (nSPS) is 10.5. The summed E-state index contributed by atoms with van der Waals surface area (Å²) in [4.78, 5) is 13.0. The van der Waals surface area contributed by atoms with Gasteiger partial charge in [0.25, 0.3) is 0 Å². The molecule has 1 aromatic rings. The van der Waals surface area contributed by atoms with Crippen molar-refractivity contribution in [2.24, 2.45) is 5.41 Å². The van der Waals surface area contributed by atoms with Crippen LogP contribution < -0.4 is 0 Å². The molecular formula is C17H19N3O2. The van der Waals surface area contributed by atoms with Gasteiger partial charge in [0.15, 0.2) is 5.78 Å². The Hall–Kier alpha value is -2.58. The zero-order valence-electron chi connectivity index (χ0n) is 13.0. The number of furan rings is 1. The van der Waals surface area contributed by atoms with Gasteiger partial charge in [-0.05, 0) is 39.2 Å². The molecule has 0 atom stereocenters. The van der Waals surface area contributed by atoms with Crippen molar-refractivity contribution in [1.82, 2.24) is 0 Å². The van der Waals surface area contributed by atoms with Crippen molar-refractivity contribution in [3.63, 3.8) is 0 Å². The monoisotopic (exact) mass is 297 g/mol. The number of carbonyl (C=O) groups is 1. The lowest BCUT2D eigenvalue weighted by Gasteiger charge is -2.30. The molecule has 114 valence electrons. The van der Waals surface area contributed by atoms with Crippen LogP contribution in [0, 0.1) is 53.3 Å². The van der Waals surface area contributed by atoms with Crippen LogP contribution in [0.15, 0.2) is 10.5 Å². The molecule has 1 aromatic heterocycles. The lowest BCUT2D eigenvalue weighted by molar-refractivity contribution is 0.0744. The van der Waals surface area contributed by atoms with Gasteiger partial charge >= 0.3 is 0 Å². The molecule has 0 bridgehead atoms. The van der Waals surface area contributed by atoms with E-state index in [-0.39, 0.29) is 25.0 Å². The van der Waals surface area contributed by atoms with Gasteiger partial charge in [-0.2, -0.15) is 15.8 Å². The second kappa shape index (κ2) is 8.01. The largest absolute Gasteiger partial charge is 0.466 e. The van der Waals surface area contributed by atoms with Crippen molar-refractivity contribution in [2.75, 3.05) is 0 Å². The molecule has 0 saturated carbocycles. The lowest BCUT2D eigenvalue weighted by atomic mass is 9.70. The van der Waals surface area contributed by atoms with E-state index in [1.807, 2.05) is 0 Å². The van der Waals surface area contributed by atoms with Gasteiger partial charge in [-0.1, -0.05) is 0 Å². The van der Waals surface area contributed by atoms with Crippen LogP contribution in [0.5, 0.6) is 0 Å². The van der Waals surface area contributed by atoms with Crippen LogP contribution >= 0.6 is 0 Å². The summed E-state index contributed by atoms with van der Waals surface area (Å²) in [5, 5.41) is 26.6. The first-order valence-electron chi connectivity index (χ1n) is 7.23. The van der Waals surface area contributed by atoms with E-state index in [1.54, 1.807) is 19.9 Å². The fourth-order valence-corrected chi connectivity index (χ4v) is 2.74. The Kier molecular flexibility index (Phi) is 6.36. The quantitative estimate of drug-likeness (QED) is 0.675. The van der Waals surface area contributed by atoms with Crippen LogP contribution in [0.4, 0.5) is 0 Å². The molecule has 22 heavy (non-hydrogen) atoms. The number of nitrogens with zero attached hydrogens (tertiary/aromatic N) is 3. The maximum Gasteiger partial charge on any atom is 0.172 e. The first kappa shape index (κ1) is 17.5. The smallest absolute Gasteiger partial charge is 0.172 e. The minimum absolute atomic E-state index is 0.123. The van der Waals surface area contributed by atoms with Crippen molar-refractivity contribution in [3.05, 3.63) is 23.2 Å². The van der Waals surface area contributed by atoms with Gasteiger partial charge < -0.3 is 4.42 Å². The van der Waals surface area contributed by atoms with E-state index in [1.165, 1.54) is 0 Å². The maximum atomic E-state index is 13.0. The Morgan fingerprint density at radius 1 is 1.05 bits per heavy atom. The Morgan fingerprint density at radius 3 is 1.82 bits per heavy atom. The fraction of sp³-hybridized carbons (Fsp3) is 0.529. The summed E-state index contributed by atoms with van der Waals surface area (Å²) in [5.41, 5.74) is -0.353. The summed E-state index contributed by atoms with van der Waals surface area (Å²) in [7, 11) is 0. The SMILES string of the molecule is Cc1cc(C(=O)C(CCC#N)(CCC#N)CCC#N)c(C)o1. The highest BCUT2D eigenvalue weighted by atomic mass is 16.3. The highest BCUT2D eigenvalue weighted by Crippen LogP contribution is 2.39. The van der Waals surface area contributed by atoms with E-state index in [9.17, 15) is 4.79 Å².